The Morgan fingerprint density at radius 3 is 3.00 bits per heavy atom. The number of nitrogens with zero attached hydrogens (tertiary/aromatic N) is 1. The van der Waals surface area contributed by atoms with Crippen LogP contribution in [-0.4, -0.2) is 47.7 Å². The highest BCUT2D eigenvalue weighted by Gasteiger charge is 2.31. The van der Waals surface area contributed by atoms with Crippen LogP contribution in [0.15, 0.2) is 11.6 Å². The average Bonchev–Trinajstić information content (AvgIpc) is 2.81. The highest BCUT2D eigenvalue weighted by Crippen LogP contribution is 2.26. The van der Waals surface area contributed by atoms with Gasteiger partial charge < -0.3 is 15.3 Å². The summed E-state index contributed by atoms with van der Waals surface area (Å²) in [6.07, 6.45) is 7.52. The molecular formula is C14H24N2O2. The maximum Gasteiger partial charge on any atom is 0.331 e. The van der Waals surface area contributed by atoms with E-state index < -0.39 is 5.97 Å². The van der Waals surface area contributed by atoms with Gasteiger partial charge in [-0.2, -0.15) is 0 Å². The number of rotatable bonds is 5. The van der Waals surface area contributed by atoms with E-state index in [1.165, 1.54) is 38.8 Å². The molecule has 2 rings (SSSR count). The zero-order chi connectivity index (χ0) is 13.0. The molecule has 2 aliphatic rings. The predicted octanol–water partition coefficient (Wildman–Crippen LogP) is 1.62. The van der Waals surface area contributed by atoms with Crippen LogP contribution in [0.5, 0.6) is 0 Å². The molecule has 2 aliphatic heterocycles. The summed E-state index contributed by atoms with van der Waals surface area (Å²) in [4.78, 5) is 13.5. The number of nitrogens with one attached hydrogen (secondary N) is 1. The topological polar surface area (TPSA) is 52.6 Å². The van der Waals surface area contributed by atoms with Crippen molar-refractivity contribution in [2.45, 2.75) is 51.1 Å². The largest absolute Gasteiger partial charge is 0.478 e. The molecule has 102 valence electrons. The third kappa shape index (κ3) is 3.33. The first-order chi connectivity index (χ1) is 8.70. The highest BCUT2D eigenvalue weighted by molar-refractivity contribution is 5.86. The molecule has 0 aromatic rings. The molecule has 2 unspecified atom stereocenters. The maximum absolute atomic E-state index is 10.9. The Bertz CT molecular complexity index is 328. The Kier molecular flexibility index (Phi) is 4.78. The molecule has 2 saturated heterocycles. The standard InChI is InChI=1S/C14H24N2O2/c1-2-11(14(17)18)5-7-15-12-6-9-16-8-3-4-13(16)10-12/h5,12-13,15H,2-4,6-10H2,1H3,(H,17,18). The van der Waals surface area contributed by atoms with Crippen molar-refractivity contribution in [1.82, 2.24) is 10.2 Å². The van der Waals surface area contributed by atoms with Gasteiger partial charge in [0, 0.05) is 24.2 Å². The molecule has 2 heterocycles. The molecule has 2 fully saturated rings. The minimum Gasteiger partial charge on any atom is -0.478 e. The van der Waals surface area contributed by atoms with Crippen molar-refractivity contribution in [3.8, 4) is 0 Å². The minimum atomic E-state index is -0.787. The molecule has 0 radical (unpaired) electrons. The van der Waals surface area contributed by atoms with Crippen LogP contribution in [0.4, 0.5) is 0 Å². The predicted molar refractivity (Wildman–Crippen MR) is 71.6 cm³/mol. The van der Waals surface area contributed by atoms with Crippen molar-refractivity contribution in [2.75, 3.05) is 19.6 Å². The number of fused-ring (bicyclic) bond motifs is 1. The van der Waals surface area contributed by atoms with E-state index >= 15 is 0 Å². The van der Waals surface area contributed by atoms with E-state index in [1.54, 1.807) is 0 Å². The Balaban J connectivity index is 1.75. The minimum absolute atomic E-state index is 0.515. The van der Waals surface area contributed by atoms with Crippen LogP contribution in [0.3, 0.4) is 0 Å². The number of hydrogen-bond acceptors (Lipinski definition) is 3. The lowest BCUT2D eigenvalue weighted by Crippen LogP contribution is -2.45. The van der Waals surface area contributed by atoms with Crippen LogP contribution in [-0.2, 0) is 4.79 Å². The van der Waals surface area contributed by atoms with Gasteiger partial charge in [0.1, 0.15) is 0 Å². The van der Waals surface area contributed by atoms with E-state index in [9.17, 15) is 4.79 Å². The van der Waals surface area contributed by atoms with Gasteiger partial charge in [0.25, 0.3) is 0 Å². The summed E-state index contributed by atoms with van der Waals surface area (Å²) in [5, 5.41) is 12.4. The molecule has 0 bridgehead atoms. The van der Waals surface area contributed by atoms with Crippen LogP contribution >= 0.6 is 0 Å². The van der Waals surface area contributed by atoms with Crippen LogP contribution in [0.25, 0.3) is 0 Å². The lowest BCUT2D eigenvalue weighted by Gasteiger charge is -2.35. The Morgan fingerprint density at radius 2 is 2.28 bits per heavy atom. The number of hydrogen-bond donors (Lipinski definition) is 2. The van der Waals surface area contributed by atoms with Gasteiger partial charge in [-0.15, -0.1) is 0 Å². The van der Waals surface area contributed by atoms with Crippen LogP contribution in [0, 0.1) is 0 Å². The lowest BCUT2D eigenvalue weighted by molar-refractivity contribution is -0.132. The van der Waals surface area contributed by atoms with Gasteiger partial charge in [0.2, 0.25) is 0 Å². The maximum atomic E-state index is 10.9. The summed E-state index contributed by atoms with van der Waals surface area (Å²) in [5.41, 5.74) is 0.515. The van der Waals surface area contributed by atoms with Crippen LogP contribution in [0.2, 0.25) is 0 Å². The summed E-state index contributed by atoms with van der Waals surface area (Å²) in [7, 11) is 0. The fourth-order valence-corrected chi connectivity index (χ4v) is 3.14. The van der Waals surface area contributed by atoms with Crippen molar-refractivity contribution in [3.63, 3.8) is 0 Å². The van der Waals surface area contributed by atoms with Gasteiger partial charge in [-0.3, -0.25) is 0 Å². The van der Waals surface area contributed by atoms with E-state index in [2.05, 4.69) is 10.2 Å². The molecule has 0 amide bonds. The number of carboxylic acids is 1. The summed E-state index contributed by atoms with van der Waals surface area (Å²) in [5.74, 6) is -0.787. The zero-order valence-electron chi connectivity index (χ0n) is 11.2. The number of carbonyl (C=O) groups is 1. The second kappa shape index (κ2) is 6.34. The van der Waals surface area contributed by atoms with Crippen molar-refractivity contribution in [2.24, 2.45) is 0 Å². The zero-order valence-corrected chi connectivity index (χ0v) is 11.2. The molecule has 4 nitrogen and oxygen atoms in total. The molecule has 2 atom stereocenters. The second-order valence-electron chi connectivity index (χ2n) is 5.35. The van der Waals surface area contributed by atoms with Gasteiger partial charge in [0.05, 0.1) is 0 Å². The smallest absolute Gasteiger partial charge is 0.331 e. The fraction of sp³-hybridized carbons (Fsp3) is 0.786. The Morgan fingerprint density at radius 1 is 1.44 bits per heavy atom. The van der Waals surface area contributed by atoms with Crippen molar-refractivity contribution >= 4 is 5.97 Å². The molecule has 4 heteroatoms. The molecule has 0 aliphatic carbocycles. The fourth-order valence-electron chi connectivity index (χ4n) is 3.14. The van der Waals surface area contributed by atoms with E-state index in [-0.39, 0.29) is 0 Å². The summed E-state index contributed by atoms with van der Waals surface area (Å²) < 4.78 is 0. The summed E-state index contributed by atoms with van der Waals surface area (Å²) in [6, 6.07) is 1.33. The van der Waals surface area contributed by atoms with Crippen molar-refractivity contribution in [3.05, 3.63) is 11.6 Å². The van der Waals surface area contributed by atoms with Crippen molar-refractivity contribution < 1.29 is 9.90 Å². The number of piperidine rings is 1. The SMILES string of the molecule is CCC(=CCNC1CCN2CCCC2C1)C(=O)O. The number of carboxylic acid groups (broad SMARTS) is 1. The van der Waals surface area contributed by atoms with Crippen LogP contribution in [0.1, 0.15) is 39.0 Å². The first-order valence-electron chi connectivity index (χ1n) is 7.10. The number of aliphatic carboxylic acids is 1. The van der Waals surface area contributed by atoms with Gasteiger partial charge >= 0.3 is 5.97 Å². The third-order valence-corrected chi connectivity index (χ3v) is 4.23. The molecule has 0 aromatic heterocycles. The van der Waals surface area contributed by atoms with E-state index in [1.807, 2.05) is 13.0 Å². The first-order valence-corrected chi connectivity index (χ1v) is 7.10. The lowest BCUT2D eigenvalue weighted by atomic mass is 9.97. The molecule has 18 heavy (non-hydrogen) atoms. The summed E-state index contributed by atoms with van der Waals surface area (Å²) in [6.45, 7) is 5.05. The molecule has 2 N–H and O–H groups in total. The Labute approximate surface area is 109 Å². The van der Waals surface area contributed by atoms with E-state index in [0.29, 0.717) is 24.6 Å². The van der Waals surface area contributed by atoms with Gasteiger partial charge in [-0.05, 0) is 45.2 Å². The molecular weight excluding hydrogens is 228 g/mol. The average molecular weight is 252 g/mol. The second-order valence-corrected chi connectivity index (χ2v) is 5.35. The molecule has 0 saturated carbocycles. The van der Waals surface area contributed by atoms with E-state index in [0.717, 1.165) is 6.04 Å². The Hall–Kier alpha value is -0.870. The van der Waals surface area contributed by atoms with Gasteiger partial charge in [-0.1, -0.05) is 13.0 Å². The summed E-state index contributed by atoms with van der Waals surface area (Å²) >= 11 is 0. The van der Waals surface area contributed by atoms with Crippen LogP contribution < -0.4 is 5.32 Å². The van der Waals surface area contributed by atoms with Gasteiger partial charge in [-0.25, -0.2) is 4.79 Å². The van der Waals surface area contributed by atoms with Crippen molar-refractivity contribution in [1.29, 1.82) is 0 Å². The van der Waals surface area contributed by atoms with E-state index in [4.69, 9.17) is 5.11 Å². The first kappa shape index (κ1) is 13.6. The molecule has 0 spiro atoms. The third-order valence-electron chi connectivity index (χ3n) is 4.23. The molecule has 0 aromatic carbocycles. The monoisotopic (exact) mass is 252 g/mol. The highest BCUT2D eigenvalue weighted by atomic mass is 16.4. The normalized spacial score (nSPS) is 29.3. The quantitative estimate of drug-likeness (QED) is 0.730. The van der Waals surface area contributed by atoms with Gasteiger partial charge in [0.15, 0.2) is 0 Å².